The van der Waals surface area contributed by atoms with Crippen molar-refractivity contribution in [1.82, 2.24) is 5.32 Å². The van der Waals surface area contributed by atoms with Crippen LogP contribution in [-0.4, -0.2) is 19.6 Å². The van der Waals surface area contributed by atoms with Gasteiger partial charge < -0.3 is 10.1 Å². The standard InChI is InChI=1S/C16H20BrNO2/c1-20-15-8-7-13(17)11-14(15)16(19)18-10-9-12-5-3-2-4-6-12/h5,7-8,11H,2-4,6,9-10H2,1H3,(H,18,19). The lowest BCUT2D eigenvalue weighted by atomic mass is 9.97. The molecular weight excluding hydrogens is 318 g/mol. The Morgan fingerprint density at radius 1 is 1.40 bits per heavy atom. The Balaban J connectivity index is 1.91. The predicted molar refractivity (Wildman–Crippen MR) is 84.2 cm³/mol. The molecule has 0 unspecified atom stereocenters. The number of benzene rings is 1. The molecule has 0 aromatic heterocycles. The van der Waals surface area contributed by atoms with E-state index in [0.717, 1.165) is 10.9 Å². The smallest absolute Gasteiger partial charge is 0.255 e. The Hall–Kier alpha value is -1.29. The highest BCUT2D eigenvalue weighted by Gasteiger charge is 2.12. The third kappa shape index (κ3) is 4.10. The summed E-state index contributed by atoms with van der Waals surface area (Å²) in [6, 6.07) is 5.44. The number of hydrogen-bond acceptors (Lipinski definition) is 2. The number of rotatable bonds is 5. The Bertz CT molecular complexity index is 511. The van der Waals surface area contributed by atoms with Gasteiger partial charge in [0.2, 0.25) is 0 Å². The monoisotopic (exact) mass is 337 g/mol. The molecule has 1 aliphatic rings. The van der Waals surface area contributed by atoms with E-state index in [-0.39, 0.29) is 5.91 Å². The molecule has 0 atom stereocenters. The van der Waals surface area contributed by atoms with Gasteiger partial charge >= 0.3 is 0 Å². The van der Waals surface area contributed by atoms with Crippen LogP contribution in [0, 0.1) is 0 Å². The molecule has 2 rings (SSSR count). The highest BCUT2D eigenvalue weighted by atomic mass is 79.9. The minimum atomic E-state index is -0.0837. The van der Waals surface area contributed by atoms with Crippen LogP contribution in [0.3, 0.4) is 0 Å². The Labute approximate surface area is 128 Å². The minimum Gasteiger partial charge on any atom is -0.496 e. The molecule has 1 aromatic carbocycles. The van der Waals surface area contributed by atoms with Crippen LogP contribution in [0.25, 0.3) is 0 Å². The minimum absolute atomic E-state index is 0.0837. The molecule has 0 bridgehead atoms. The summed E-state index contributed by atoms with van der Waals surface area (Å²) in [7, 11) is 1.58. The van der Waals surface area contributed by atoms with Crippen molar-refractivity contribution < 1.29 is 9.53 Å². The first-order valence-corrected chi connectivity index (χ1v) is 7.79. The van der Waals surface area contributed by atoms with Crippen LogP contribution >= 0.6 is 15.9 Å². The number of carbonyl (C=O) groups is 1. The van der Waals surface area contributed by atoms with Gasteiger partial charge in [-0.2, -0.15) is 0 Å². The van der Waals surface area contributed by atoms with Crippen molar-refractivity contribution in [1.29, 1.82) is 0 Å². The van der Waals surface area contributed by atoms with Crippen LogP contribution in [0.15, 0.2) is 34.3 Å². The molecular formula is C16H20BrNO2. The second-order valence-electron chi connectivity index (χ2n) is 4.96. The average molecular weight is 338 g/mol. The van der Waals surface area contributed by atoms with E-state index in [9.17, 15) is 4.79 Å². The van der Waals surface area contributed by atoms with Gasteiger partial charge in [0.05, 0.1) is 12.7 Å². The zero-order valence-electron chi connectivity index (χ0n) is 11.7. The van der Waals surface area contributed by atoms with Crippen molar-refractivity contribution >= 4 is 21.8 Å². The molecule has 0 saturated heterocycles. The lowest BCUT2D eigenvalue weighted by molar-refractivity contribution is 0.0951. The lowest BCUT2D eigenvalue weighted by Gasteiger charge is -2.13. The predicted octanol–water partition coefficient (Wildman–Crippen LogP) is 4.08. The Morgan fingerprint density at radius 2 is 2.25 bits per heavy atom. The quantitative estimate of drug-likeness (QED) is 0.822. The van der Waals surface area contributed by atoms with E-state index in [4.69, 9.17) is 4.74 Å². The van der Waals surface area contributed by atoms with Gasteiger partial charge in [0.1, 0.15) is 5.75 Å². The summed E-state index contributed by atoms with van der Waals surface area (Å²) in [5.74, 6) is 0.516. The van der Waals surface area contributed by atoms with Crippen LogP contribution in [0.1, 0.15) is 42.5 Å². The fourth-order valence-electron chi connectivity index (χ4n) is 2.42. The lowest BCUT2D eigenvalue weighted by Crippen LogP contribution is -2.25. The fraction of sp³-hybridized carbons (Fsp3) is 0.438. The first kappa shape index (κ1) is 15.1. The molecule has 3 nitrogen and oxygen atoms in total. The molecule has 4 heteroatoms. The van der Waals surface area contributed by atoms with Gasteiger partial charge in [0, 0.05) is 11.0 Å². The number of hydrogen-bond donors (Lipinski definition) is 1. The fourth-order valence-corrected chi connectivity index (χ4v) is 2.78. The zero-order chi connectivity index (χ0) is 14.4. The van der Waals surface area contributed by atoms with Gasteiger partial charge in [0.15, 0.2) is 0 Å². The number of halogens is 1. The van der Waals surface area contributed by atoms with Gasteiger partial charge in [-0.1, -0.05) is 27.6 Å². The van der Waals surface area contributed by atoms with Crippen molar-refractivity contribution in [3.8, 4) is 5.75 Å². The molecule has 20 heavy (non-hydrogen) atoms. The van der Waals surface area contributed by atoms with Gasteiger partial charge in [-0.3, -0.25) is 4.79 Å². The molecule has 0 saturated carbocycles. The normalized spacial score (nSPS) is 14.6. The molecule has 0 radical (unpaired) electrons. The molecule has 1 N–H and O–H groups in total. The highest BCUT2D eigenvalue weighted by Crippen LogP contribution is 2.23. The van der Waals surface area contributed by atoms with Gasteiger partial charge in [-0.05, 0) is 50.3 Å². The maximum atomic E-state index is 12.2. The number of carbonyl (C=O) groups excluding carboxylic acids is 1. The van der Waals surface area contributed by atoms with Crippen LogP contribution < -0.4 is 10.1 Å². The number of ether oxygens (including phenoxy) is 1. The Morgan fingerprint density at radius 3 is 2.95 bits per heavy atom. The summed E-state index contributed by atoms with van der Waals surface area (Å²) in [5.41, 5.74) is 2.04. The summed E-state index contributed by atoms with van der Waals surface area (Å²) in [6.07, 6.45) is 8.19. The SMILES string of the molecule is COc1ccc(Br)cc1C(=O)NCCC1=CCCCC1. The largest absolute Gasteiger partial charge is 0.496 e. The molecule has 1 aliphatic carbocycles. The summed E-state index contributed by atoms with van der Waals surface area (Å²) in [4.78, 5) is 12.2. The molecule has 0 fully saturated rings. The first-order chi connectivity index (χ1) is 9.70. The first-order valence-electron chi connectivity index (χ1n) is 7.00. The molecule has 0 heterocycles. The van der Waals surface area contributed by atoms with E-state index in [1.165, 1.54) is 31.3 Å². The van der Waals surface area contributed by atoms with Crippen molar-refractivity contribution in [2.24, 2.45) is 0 Å². The van der Waals surface area contributed by atoms with Gasteiger partial charge in [0.25, 0.3) is 5.91 Å². The van der Waals surface area contributed by atoms with Crippen LogP contribution in [0.5, 0.6) is 5.75 Å². The third-order valence-corrected chi connectivity index (χ3v) is 4.02. The molecule has 1 amide bonds. The van der Waals surface area contributed by atoms with Crippen molar-refractivity contribution in [3.63, 3.8) is 0 Å². The maximum Gasteiger partial charge on any atom is 0.255 e. The van der Waals surface area contributed by atoms with E-state index >= 15 is 0 Å². The molecule has 108 valence electrons. The zero-order valence-corrected chi connectivity index (χ0v) is 13.3. The average Bonchev–Trinajstić information content (AvgIpc) is 2.48. The summed E-state index contributed by atoms with van der Waals surface area (Å²) in [5, 5.41) is 2.97. The summed E-state index contributed by atoms with van der Waals surface area (Å²) in [6.45, 7) is 0.681. The Kier molecular flexibility index (Phi) is 5.65. The van der Waals surface area contributed by atoms with Crippen molar-refractivity contribution in [2.45, 2.75) is 32.1 Å². The van der Waals surface area contributed by atoms with Gasteiger partial charge in [-0.15, -0.1) is 0 Å². The van der Waals surface area contributed by atoms with Crippen LogP contribution in [-0.2, 0) is 0 Å². The molecule has 1 aromatic rings. The topological polar surface area (TPSA) is 38.3 Å². The van der Waals surface area contributed by atoms with E-state index < -0.39 is 0 Å². The van der Waals surface area contributed by atoms with Crippen molar-refractivity contribution in [3.05, 3.63) is 39.9 Å². The van der Waals surface area contributed by atoms with Crippen LogP contribution in [0.2, 0.25) is 0 Å². The molecule has 0 aliphatic heterocycles. The second kappa shape index (κ2) is 7.48. The van der Waals surface area contributed by atoms with E-state index in [1.807, 2.05) is 6.07 Å². The highest BCUT2D eigenvalue weighted by molar-refractivity contribution is 9.10. The van der Waals surface area contributed by atoms with E-state index in [1.54, 1.807) is 19.2 Å². The van der Waals surface area contributed by atoms with E-state index in [0.29, 0.717) is 17.9 Å². The third-order valence-electron chi connectivity index (χ3n) is 3.52. The summed E-state index contributed by atoms with van der Waals surface area (Å²) >= 11 is 3.38. The van der Waals surface area contributed by atoms with Gasteiger partial charge in [-0.25, -0.2) is 0 Å². The number of methoxy groups -OCH3 is 1. The second-order valence-corrected chi connectivity index (χ2v) is 5.87. The van der Waals surface area contributed by atoms with Crippen molar-refractivity contribution in [2.75, 3.05) is 13.7 Å². The van der Waals surface area contributed by atoms with E-state index in [2.05, 4.69) is 27.3 Å². The number of amides is 1. The summed E-state index contributed by atoms with van der Waals surface area (Å²) < 4.78 is 6.10. The number of allylic oxidation sites excluding steroid dienone is 1. The number of nitrogens with one attached hydrogen (secondary N) is 1. The molecule has 0 spiro atoms. The van der Waals surface area contributed by atoms with Crippen LogP contribution in [0.4, 0.5) is 0 Å². The maximum absolute atomic E-state index is 12.2.